The van der Waals surface area contributed by atoms with Gasteiger partial charge in [0.25, 0.3) is 0 Å². The number of hydrogen-bond donors (Lipinski definition) is 1. The molecule has 6 nitrogen and oxygen atoms in total. The maximum absolute atomic E-state index is 11.1. The van der Waals surface area contributed by atoms with Crippen LogP contribution in [0, 0.1) is 0 Å². The molecule has 0 aliphatic rings. The number of carbonyl (C=O) groups excluding carboxylic acids is 1. The van der Waals surface area contributed by atoms with Crippen molar-refractivity contribution in [2.24, 2.45) is 0 Å². The molecular formula is C13H25O6P. The number of phosphoric acid groups is 1. The lowest BCUT2D eigenvalue weighted by Gasteiger charge is -2.08. The molecule has 1 unspecified atom stereocenters. The first kappa shape index (κ1) is 19.3. The third-order valence-electron chi connectivity index (χ3n) is 2.61. The van der Waals surface area contributed by atoms with Gasteiger partial charge in [-0.1, -0.05) is 32.3 Å². The van der Waals surface area contributed by atoms with Crippen LogP contribution >= 0.6 is 7.82 Å². The van der Waals surface area contributed by atoms with Crippen LogP contribution in [0.5, 0.6) is 0 Å². The van der Waals surface area contributed by atoms with Gasteiger partial charge in [0.15, 0.2) is 0 Å². The molecule has 1 atom stereocenters. The minimum atomic E-state index is -3.82. The molecule has 0 rings (SSSR count). The number of hydrogen-bond acceptors (Lipinski definition) is 5. The third kappa shape index (κ3) is 11.2. The van der Waals surface area contributed by atoms with Crippen LogP contribution < -0.4 is 0 Å². The molecule has 20 heavy (non-hydrogen) atoms. The Hall–Kier alpha value is -0.680. The van der Waals surface area contributed by atoms with Crippen LogP contribution in [0.2, 0.25) is 0 Å². The number of carbonyl (C=O) groups is 1. The Morgan fingerprint density at radius 2 is 1.60 bits per heavy atom. The number of esters is 1. The van der Waals surface area contributed by atoms with E-state index in [0.717, 1.165) is 45.6 Å². The fourth-order valence-corrected chi connectivity index (χ4v) is 1.90. The monoisotopic (exact) mass is 308 g/mol. The Labute approximate surface area is 120 Å². The molecule has 0 spiro atoms. The lowest BCUT2D eigenvalue weighted by Crippen LogP contribution is -2.06. The van der Waals surface area contributed by atoms with Crippen molar-refractivity contribution in [2.75, 3.05) is 20.3 Å². The predicted octanol–water partition coefficient (Wildman–Crippen LogP) is 3.21. The zero-order valence-electron chi connectivity index (χ0n) is 12.3. The standard InChI is InChI=1S/C13H25O6P/c1-12(2)13(14)18-10-8-6-4-5-7-9-11-19-20(15,16)17-3/h1,4-11H2,2-3H3,(H,15,16). The number of unbranched alkanes of at least 4 members (excludes halogenated alkanes) is 5. The quantitative estimate of drug-likeness (QED) is 0.258. The van der Waals surface area contributed by atoms with Gasteiger partial charge in [0, 0.05) is 12.7 Å². The highest BCUT2D eigenvalue weighted by atomic mass is 31.2. The molecule has 0 fully saturated rings. The highest BCUT2D eigenvalue weighted by molar-refractivity contribution is 7.47. The van der Waals surface area contributed by atoms with Crippen molar-refractivity contribution >= 4 is 13.8 Å². The van der Waals surface area contributed by atoms with Crippen molar-refractivity contribution in [2.45, 2.75) is 45.4 Å². The maximum atomic E-state index is 11.1. The van der Waals surface area contributed by atoms with Gasteiger partial charge in [-0.3, -0.25) is 9.05 Å². The first-order valence-corrected chi connectivity index (χ1v) is 8.24. The fraction of sp³-hybridized carbons (Fsp3) is 0.769. The van der Waals surface area contributed by atoms with E-state index in [4.69, 9.17) is 14.2 Å². The topological polar surface area (TPSA) is 82.1 Å². The third-order valence-corrected chi connectivity index (χ3v) is 3.58. The fourth-order valence-electron chi connectivity index (χ4n) is 1.43. The van der Waals surface area contributed by atoms with Crippen molar-refractivity contribution in [3.63, 3.8) is 0 Å². The van der Waals surface area contributed by atoms with Crippen LogP contribution in [-0.2, 0) is 23.1 Å². The molecule has 0 aliphatic carbocycles. The average molecular weight is 308 g/mol. The van der Waals surface area contributed by atoms with Gasteiger partial charge in [0.1, 0.15) is 0 Å². The van der Waals surface area contributed by atoms with Gasteiger partial charge in [-0.05, 0) is 19.8 Å². The minimum absolute atomic E-state index is 0.220. The number of rotatable bonds is 12. The summed E-state index contributed by atoms with van der Waals surface area (Å²) < 4.78 is 24.9. The van der Waals surface area contributed by atoms with Gasteiger partial charge < -0.3 is 9.63 Å². The Morgan fingerprint density at radius 1 is 1.10 bits per heavy atom. The van der Waals surface area contributed by atoms with Crippen molar-refractivity contribution in [3.05, 3.63) is 12.2 Å². The summed E-state index contributed by atoms with van der Waals surface area (Å²) in [4.78, 5) is 20.0. The zero-order valence-corrected chi connectivity index (χ0v) is 13.2. The summed E-state index contributed by atoms with van der Waals surface area (Å²) in [6, 6.07) is 0. The second-order valence-corrected chi connectivity index (χ2v) is 6.08. The van der Waals surface area contributed by atoms with Gasteiger partial charge in [0.2, 0.25) is 0 Å². The van der Waals surface area contributed by atoms with E-state index in [2.05, 4.69) is 11.1 Å². The SMILES string of the molecule is C=C(C)C(=O)OCCCCCCCCOP(=O)(O)OC. The van der Waals surface area contributed by atoms with Crippen LogP contribution in [0.3, 0.4) is 0 Å². The molecule has 0 aliphatic heterocycles. The molecule has 0 aromatic rings. The first-order chi connectivity index (χ1) is 9.39. The zero-order chi connectivity index (χ0) is 15.4. The van der Waals surface area contributed by atoms with Crippen molar-refractivity contribution in [1.82, 2.24) is 0 Å². The summed E-state index contributed by atoms with van der Waals surface area (Å²) >= 11 is 0. The summed E-state index contributed by atoms with van der Waals surface area (Å²) in [5.74, 6) is -0.339. The highest BCUT2D eigenvalue weighted by Gasteiger charge is 2.17. The summed E-state index contributed by atoms with van der Waals surface area (Å²) in [7, 11) is -2.68. The van der Waals surface area contributed by atoms with Crippen LogP contribution in [0.1, 0.15) is 45.4 Å². The van der Waals surface area contributed by atoms with Gasteiger partial charge in [-0.15, -0.1) is 0 Å². The van der Waals surface area contributed by atoms with E-state index in [9.17, 15) is 9.36 Å². The highest BCUT2D eigenvalue weighted by Crippen LogP contribution is 2.41. The van der Waals surface area contributed by atoms with Crippen molar-refractivity contribution in [3.8, 4) is 0 Å². The predicted molar refractivity (Wildman–Crippen MR) is 76.3 cm³/mol. The molecule has 0 bridgehead atoms. The molecule has 0 amide bonds. The van der Waals surface area contributed by atoms with Gasteiger partial charge >= 0.3 is 13.8 Å². The van der Waals surface area contributed by atoms with E-state index >= 15 is 0 Å². The molecular weight excluding hydrogens is 283 g/mol. The van der Waals surface area contributed by atoms with Crippen LogP contribution in [0.25, 0.3) is 0 Å². The first-order valence-electron chi connectivity index (χ1n) is 6.75. The molecule has 0 aromatic heterocycles. The molecule has 0 saturated heterocycles. The van der Waals surface area contributed by atoms with Crippen LogP contribution in [0.15, 0.2) is 12.2 Å². The van der Waals surface area contributed by atoms with Gasteiger partial charge in [-0.25, -0.2) is 9.36 Å². The van der Waals surface area contributed by atoms with Crippen LogP contribution in [0.4, 0.5) is 0 Å². The largest absolute Gasteiger partial charge is 0.471 e. The Bertz CT molecular complexity index is 342. The number of phosphoric ester groups is 1. The molecule has 1 N–H and O–H groups in total. The molecule has 0 radical (unpaired) electrons. The van der Waals surface area contributed by atoms with E-state index in [1.807, 2.05) is 0 Å². The minimum Gasteiger partial charge on any atom is -0.462 e. The maximum Gasteiger partial charge on any atom is 0.471 e. The average Bonchev–Trinajstić information content (AvgIpc) is 2.40. The van der Waals surface area contributed by atoms with Gasteiger partial charge in [-0.2, -0.15) is 0 Å². The molecule has 0 saturated carbocycles. The second-order valence-electron chi connectivity index (χ2n) is 4.52. The lowest BCUT2D eigenvalue weighted by atomic mass is 10.1. The summed E-state index contributed by atoms with van der Waals surface area (Å²) in [5.41, 5.74) is 0.419. The smallest absolute Gasteiger partial charge is 0.462 e. The lowest BCUT2D eigenvalue weighted by molar-refractivity contribution is -0.139. The Morgan fingerprint density at radius 3 is 2.10 bits per heavy atom. The van der Waals surface area contributed by atoms with Crippen molar-refractivity contribution < 1.29 is 28.0 Å². The normalized spacial score (nSPS) is 13.8. The molecule has 0 heterocycles. The van der Waals surface area contributed by atoms with Gasteiger partial charge in [0.05, 0.1) is 13.2 Å². The molecule has 0 aromatic carbocycles. The van der Waals surface area contributed by atoms with E-state index in [-0.39, 0.29) is 12.6 Å². The molecule has 7 heteroatoms. The summed E-state index contributed by atoms with van der Waals surface area (Å²) in [6.07, 6.45) is 5.52. The summed E-state index contributed by atoms with van der Waals surface area (Å²) in [5, 5.41) is 0. The summed E-state index contributed by atoms with van der Waals surface area (Å²) in [6.45, 7) is 5.77. The molecule has 118 valence electrons. The van der Waals surface area contributed by atoms with E-state index in [1.54, 1.807) is 6.92 Å². The Kier molecular flexibility index (Phi) is 10.7. The van der Waals surface area contributed by atoms with E-state index in [0.29, 0.717) is 12.2 Å². The van der Waals surface area contributed by atoms with E-state index in [1.165, 1.54) is 0 Å². The second kappa shape index (κ2) is 11.0. The van der Waals surface area contributed by atoms with Crippen LogP contribution in [-0.4, -0.2) is 31.2 Å². The van der Waals surface area contributed by atoms with E-state index < -0.39 is 7.82 Å². The van der Waals surface area contributed by atoms with Crippen molar-refractivity contribution in [1.29, 1.82) is 0 Å². The number of ether oxygens (including phenoxy) is 1. The Balaban J connectivity index is 3.28.